The van der Waals surface area contributed by atoms with E-state index in [4.69, 9.17) is 4.74 Å². The lowest BCUT2D eigenvalue weighted by molar-refractivity contribution is -0.126. The average molecular weight is 347 g/mol. The van der Waals surface area contributed by atoms with Crippen LogP contribution < -0.4 is 10.6 Å². The summed E-state index contributed by atoms with van der Waals surface area (Å²) >= 11 is 0. The van der Waals surface area contributed by atoms with Gasteiger partial charge in [-0.1, -0.05) is 37.3 Å². The number of urea groups is 1. The SMILES string of the molecule is CCCNC(=O)[C@@H]1CCCN(C(=O)NC[C@H](OC)c2ccccc2)C1. The minimum atomic E-state index is -0.182. The van der Waals surface area contributed by atoms with Crippen molar-refractivity contribution in [3.8, 4) is 0 Å². The highest BCUT2D eigenvalue weighted by Gasteiger charge is 2.28. The van der Waals surface area contributed by atoms with Crippen LogP contribution >= 0.6 is 0 Å². The number of piperidine rings is 1. The maximum atomic E-state index is 12.5. The Bertz CT molecular complexity index is 550. The van der Waals surface area contributed by atoms with Crippen molar-refractivity contribution in [2.24, 2.45) is 5.92 Å². The summed E-state index contributed by atoms with van der Waals surface area (Å²) in [7, 11) is 1.64. The Labute approximate surface area is 149 Å². The van der Waals surface area contributed by atoms with Gasteiger partial charge in [-0.05, 0) is 24.8 Å². The van der Waals surface area contributed by atoms with Crippen molar-refractivity contribution in [2.45, 2.75) is 32.3 Å². The molecule has 1 saturated heterocycles. The Morgan fingerprint density at radius 3 is 2.72 bits per heavy atom. The molecule has 0 saturated carbocycles. The van der Waals surface area contributed by atoms with Gasteiger partial charge in [-0.25, -0.2) is 4.79 Å². The maximum Gasteiger partial charge on any atom is 0.317 e. The second-order valence-corrected chi connectivity index (χ2v) is 6.40. The topological polar surface area (TPSA) is 70.7 Å². The fourth-order valence-corrected chi connectivity index (χ4v) is 3.06. The lowest BCUT2D eigenvalue weighted by Crippen LogP contribution is -2.49. The predicted molar refractivity (Wildman–Crippen MR) is 97.2 cm³/mol. The fourth-order valence-electron chi connectivity index (χ4n) is 3.06. The molecule has 1 aliphatic rings. The van der Waals surface area contributed by atoms with Gasteiger partial charge in [0, 0.05) is 33.3 Å². The third-order valence-corrected chi connectivity index (χ3v) is 4.52. The summed E-state index contributed by atoms with van der Waals surface area (Å²) in [6.07, 6.45) is 2.42. The van der Waals surface area contributed by atoms with Crippen molar-refractivity contribution in [3.63, 3.8) is 0 Å². The molecule has 3 amide bonds. The molecule has 0 radical (unpaired) electrons. The van der Waals surface area contributed by atoms with E-state index in [2.05, 4.69) is 10.6 Å². The van der Waals surface area contributed by atoms with Gasteiger partial charge < -0.3 is 20.3 Å². The van der Waals surface area contributed by atoms with Crippen molar-refractivity contribution in [1.29, 1.82) is 0 Å². The number of benzene rings is 1. The van der Waals surface area contributed by atoms with E-state index in [9.17, 15) is 9.59 Å². The molecule has 1 heterocycles. The van der Waals surface area contributed by atoms with Gasteiger partial charge in [0.05, 0.1) is 12.0 Å². The van der Waals surface area contributed by atoms with Gasteiger partial charge in [-0.15, -0.1) is 0 Å². The number of hydrogen-bond donors (Lipinski definition) is 2. The molecule has 1 aromatic rings. The van der Waals surface area contributed by atoms with E-state index in [0.29, 0.717) is 26.2 Å². The molecule has 0 bridgehead atoms. The Balaban J connectivity index is 1.84. The Kier molecular flexibility index (Phi) is 7.73. The number of likely N-dealkylation sites (tertiary alicyclic amines) is 1. The molecule has 2 N–H and O–H groups in total. The van der Waals surface area contributed by atoms with Gasteiger partial charge in [0.15, 0.2) is 0 Å². The first kappa shape index (κ1) is 19.2. The van der Waals surface area contributed by atoms with Gasteiger partial charge in [-0.3, -0.25) is 4.79 Å². The quantitative estimate of drug-likeness (QED) is 0.795. The van der Waals surface area contributed by atoms with Crippen molar-refractivity contribution >= 4 is 11.9 Å². The molecule has 0 spiro atoms. The van der Waals surface area contributed by atoms with Crippen LogP contribution in [0.1, 0.15) is 37.9 Å². The van der Waals surface area contributed by atoms with E-state index in [0.717, 1.165) is 24.8 Å². The van der Waals surface area contributed by atoms with Crippen LogP contribution in [0.2, 0.25) is 0 Å². The molecule has 0 unspecified atom stereocenters. The van der Waals surface area contributed by atoms with Crippen LogP contribution in [0.25, 0.3) is 0 Å². The van der Waals surface area contributed by atoms with Gasteiger partial charge in [0.25, 0.3) is 0 Å². The van der Waals surface area contributed by atoms with Crippen LogP contribution in [0.5, 0.6) is 0 Å². The van der Waals surface area contributed by atoms with Crippen LogP contribution in [-0.2, 0) is 9.53 Å². The standard InChI is InChI=1S/C19H29N3O3/c1-3-11-20-18(23)16-10-7-12-22(14-16)19(24)21-13-17(25-2)15-8-5-4-6-9-15/h4-6,8-9,16-17H,3,7,10-14H2,1-2H3,(H,20,23)(H,21,24)/t16-,17+/m1/s1. The lowest BCUT2D eigenvalue weighted by atomic mass is 9.97. The van der Waals surface area contributed by atoms with E-state index in [-0.39, 0.29) is 24.0 Å². The summed E-state index contributed by atoms with van der Waals surface area (Å²) in [6.45, 7) is 4.28. The molecule has 0 aliphatic carbocycles. The number of ether oxygens (including phenoxy) is 1. The van der Waals surface area contributed by atoms with E-state index < -0.39 is 0 Å². The zero-order valence-electron chi connectivity index (χ0n) is 15.2. The lowest BCUT2D eigenvalue weighted by Gasteiger charge is -2.32. The number of amides is 3. The largest absolute Gasteiger partial charge is 0.375 e. The van der Waals surface area contributed by atoms with Crippen LogP contribution in [0.15, 0.2) is 30.3 Å². The average Bonchev–Trinajstić information content (AvgIpc) is 2.67. The molecule has 2 rings (SSSR count). The third kappa shape index (κ3) is 5.74. The van der Waals surface area contributed by atoms with E-state index in [1.807, 2.05) is 37.3 Å². The molecule has 6 nitrogen and oxygen atoms in total. The first-order valence-electron chi connectivity index (χ1n) is 9.04. The van der Waals surface area contributed by atoms with Crippen molar-refractivity contribution in [1.82, 2.24) is 15.5 Å². The smallest absolute Gasteiger partial charge is 0.317 e. The number of nitrogens with zero attached hydrogens (tertiary/aromatic N) is 1. The summed E-state index contributed by atoms with van der Waals surface area (Å²) < 4.78 is 5.48. The Morgan fingerprint density at radius 1 is 1.28 bits per heavy atom. The second-order valence-electron chi connectivity index (χ2n) is 6.40. The highest BCUT2D eigenvalue weighted by Crippen LogP contribution is 2.18. The van der Waals surface area contributed by atoms with Crippen LogP contribution in [0.3, 0.4) is 0 Å². The summed E-state index contributed by atoms with van der Waals surface area (Å²) in [5, 5.41) is 5.86. The Hall–Kier alpha value is -2.08. The number of methoxy groups -OCH3 is 1. The molecule has 2 atom stereocenters. The summed E-state index contributed by atoms with van der Waals surface area (Å²) in [4.78, 5) is 26.3. The number of nitrogens with one attached hydrogen (secondary N) is 2. The van der Waals surface area contributed by atoms with Gasteiger partial charge in [0.1, 0.15) is 0 Å². The molecular weight excluding hydrogens is 318 g/mol. The van der Waals surface area contributed by atoms with Crippen molar-refractivity contribution < 1.29 is 14.3 Å². The predicted octanol–water partition coefficient (Wildman–Crippen LogP) is 2.32. The molecular formula is C19H29N3O3. The normalized spacial score (nSPS) is 18.5. The number of carbonyl (C=O) groups excluding carboxylic acids is 2. The molecule has 25 heavy (non-hydrogen) atoms. The highest BCUT2D eigenvalue weighted by atomic mass is 16.5. The molecule has 6 heteroatoms. The zero-order chi connectivity index (χ0) is 18.1. The van der Waals surface area contributed by atoms with Crippen LogP contribution in [-0.4, -0.2) is 50.1 Å². The maximum absolute atomic E-state index is 12.5. The Morgan fingerprint density at radius 2 is 2.04 bits per heavy atom. The van der Waals surface area contributed by atoms with Crippen LogP contribution in [0.4, 0.5) is 4.79 Å². The number of carbonyl (C=O) groups is 2. The molecule has 1 aromatic carbocycles. The summed E-state index contributed by atoms with van der Waals surface area (Å²) in [5.41, 5.74) is 1.03. The minimum Gasteiger partial charge on any atom is -0.375 e. The van der Waals surface area contributed by atoms with Crippen LogP contribution in [0, 0.1) is 5.92 Å². The van der Waals surface area contributed by atoms with Gasteiger partial charge in [-0.2, -0.15) is 0 Å². The summed E-state index contributed by atoms with van der Waals surface area (Å²) in [5.74, 6) is -0.0585. The molecule has 1 aliphatic heterocycles. The first-order chi connectivity index (χ1) is 12.2. The summed E-state index contributed by atoms with van der Waals surface area (Å²) in [6, 6.07) is 9.68. The highest BCUT2D eigenvalue weighted by molar-refractivity contribution is 5.80. The second kappa shape index (κ2) is 10.0. The van der Waals surface area contributed by atoms with Crippen molar-refractivity contribution in [2.75, 3.05) is 33.3 Å². The van der Waals surface area contributed by atoms with E-state index in [1.165, 1.54) is 0 Å². The zero-order valence-corrected chi connectivity index (χ0v) is 15.2. The van der Waals surface area contributed by atoms with E-state index in [1.54, 1.807) is 12.0 Å². The fraction of sp³-hybridized carbons (Fsp3) is 0.579. The van der Waals surface area contributed by atoms with Crippen molar-refractivity contribution in [3.05, 3.63) is 35.9 Å². The van der Waals surface area contributed by atoms with Gasteiger partial charge >= 0.3 is 6.03 Å². The number of hydrogen-bond acceptors (Lipinski definition) is 3. The van der Waals surface area contributed by atoms with Gasteiger partial charge in [0.2, 0.25) is 5.91 Å². The molecule has 1 fully saturated rings. The number of rotatable bonds is 7. The minimum absolute atomic E-state index is 0.0541. The first-order valence-corrected chi connectivity index (χ1v) is 9.04. The monoisotopic (exact) mass is 347 g/mol. The third-order valence-electron chi connectivity index (χ3n) is 4.52. The molecule has 138 valence electrons. The molecule has 0 aromatic heterocycles. The van der Waals surface area contributed by atoms with E-state index >= 15 is 0 Å².